The highest BCUT2D eigenvalue weighted by atomic mass is 35.5. The Balaban J connectivity index is 2.21. The maximum Gasteiger partial charge on any atom is 0.137 e. The number of nitrogens with one attached hydrogen (secondary N) is 1. The molecule has 1 aromatic carbocycles. The lowest BCUT2D eigenvalue weighted by Gasteiger charge is -2.10. The summed E-state index contributed by atoms with van der Waals surface area (Å²) in [5.41, 5.74) is 0.980. The van der Waals surface area contributed by atoms with Gasteiger partial charge in [0, 0.05) is 18.8 Å². The lowest BCUT2D eigenvalue weighted by molar-refractivity contribution is 0.132. The number of hydrogen-bond donors (Lipinski definition) is 1. The Kier molecular flexibility index (Phi) is 6.91. The Hall–Kier alpha value is -0.930. The van der Waals surface area contributed by atoms with E-state index in [1.165, 1.54) is 0 Å². The Morgan fingerprint density at radius 2 is 2.06 bits per heavy atom. The van der Waals surface area contributed by atoms with Crippen molar-refractivity contribution in [3.63, 3.8) is 0 Å². The zero-order chi connectivity index (χ0) is 13.4. The molecule has 102 valence electrons. The molecule has 4 heteroatoms. The van der Waals surface area contributed by atoms with Crippen molar-refractivity contribution < 1.29 is 9.47 Å². The predicted octanol–water partition coefficient (Wildman–Crippen LogP) is 3.82. The molecule has 0 radical (unpaired) electrons. The van der Waals surface area contributed by atoms with Crippen molar-refractivity contribution in [2.75, 3.05) is 32.2 Å². The summed E-state index contributed by atoms with van der Waals surface area (Å²) in [7, 11) is 1.61. The van der Waals surface area contributed by atoms with Crippen molar-refractivity contribution in [2.24, 2.45) is 5.92 Å². The summed E-state index contributed by atoms with van der Waals surface area (Å²) in [6.45, 7) is 6.70. The fraction of sp³-hybridized carbons (Fsp3) is 0.571. The number of methoxy groups -OCH3 is 1. The summed E-state index contributed by atoms with van der Waals surface area (Å²) < 4.78 is 10.6. The van der Waals surface area contributed by atoms with Crippen LogP contribution in [0.15, 0.2) is 18.2 Å². The van der Waals surface area contributed by atoms with Crippen LogP contribution in [0.3, 0.4) is 0 Å². The molecule has 1 N–H and O–H groups in total. The van der Waals surface area contributed by atoms with Crippen molar-refractivity contribution in [2.45, 2.75) is 20.3 Å². The number of ether oxygens (including phenoxy) is 2. The van der Waals surface area contributed by atoms with Crippen LogP contribution in [-0.4, -0.2) is 26.9 Å². The standard InChI is InChI=1S/C14H22ClNO2/c1-11(2)6-8-18-9-7-16-12-4-5-14(17-3)13(15)10-12/h4-5,10-11,16H,6-9H2,1-3H3. The molecular weight excluding hydrogens is 250 g/mol. The van der Waals surface area contributed by atoms with Crippen LogP contribution in [0.25, 0.3) is 0 Å². The average molecular weight is 272 g/mol. The Morgan fingerprint density at radius 1 is 1.28 bits per heavy atom. The van der Waals surface area contributed by atoms with Crippen molar-refractivity contribution >= 4 is 17.3 Å². The molecule has 0 amide bonds. The maximum absolute atomic E-state index is 6.03. The number of halogens is 1. The maximum atomic E-state index is 6.03. The minimum Gasteiger partial charge on any atom is -0.495 e. The minimum absolute atomic E-state index is 0.614. The lowest BCUT2D eigenvalue weighted by Crippen LogP contribution is -2.10. The average Bonchev–Trinajstić information content (AvgIpc) is 2.33. The summed E-state index contributed by atoms with van der Waals surface area (Å²) in [4.78, 5) is 0. The summed E-state index contributed by atoms with van der Waals surface area (Å²) in [5, 5.41) is 3.87. The zero-order valence-electron chi connectivity index (χ0n) is 11.3. The van der Waals surface area contributed by atoms with Gasteiger partial charge in [-0.1, -0.05) is 25.4 Å². The molecule has 1 rings (SSSR count). The third kappa shape index (κ3) is 5.61. The van der Waals surface area contributed by atoms with E-state index in [-0.39, 0.29) is 0 Å². The van der Waals surface area contributed by atoms with Crippen LogP contribution in [0.4, 0.5) is 5.69 Å². The van der Waals surface area contributed by atoms with Crippen molar-refractivity contribution in [1.29, 1.82) is 0 Å². The Labute approximate surface area is 114 Å². The fourth-order valence-corrected chi connectivity index (χ4v) is 1.72. The third-order valence-electron chi connectivity index (χ3n) is 2.57. The first-order valence-corrected chi connectivity index (χ1v) is 6.66. The molecule has 0 aliphatic rings. The van der Waals surface area contributed by atoms with E-state index in [9.17, 15) is 0 Å². The van der Waals surface area contributed by atoms with Gasteiger partial charge in [-0.2, -0.15) is 0 Å². The summed E-state index contributed by atoms with van der Waals surface area (Å²) in [5.74, 6) is 1.38. The summed E-state index contributed by atoms with van der Waals surface area (Å²) >= 11 is 6.03. The van der Waals surface area contributed by atoms with Gasteiger partial charge in [-0.3, -0.25) is 0 Å². The lowest BCUT2D eigenvalue weighted by atomic mass is 10.1. The van der Waals surface area contributed by atoms with Crippen LogP contribution in [0, 0.1) is 5.92 Å². The second kappa shape index (κ2) is 8.22. The molecule has 0 aliphatic heterocycles. The summed E-state index contributed by atoms with van der Waals surface area (Å²) in [6.07, 6.45) is 1.11. The minimum atomic E-state index is 0.614. The second-order valence-corrected chi connectivity index (χ2v) is 4.98. The highest BCUT2D eigenvalue weighted by molar-refractivity contribution is 6.32. The Morgan fingerprint density at radius 3 is 2.67 bits per heavy atom. The van der Waals surface area contributed by atoms with Crippen molar-refractivity contribution in [3.05, 3.63) is 23.2 Å². The van der Waals surface area contributed by atoms with Gasteiger partial charge in [-0.05, 0) is 30.5 Å². The van der Waals surface area contributed by atoms with Crippen LogP contribution in [0.5, 0.6) is 5.75 Å². The fourth-order valence-electron chi connectivity index (χ4n) is 1.46. The molecule has 3 nitrogen and oxygen atoms in total. The van der Waals surface area contributed by atoms with Crippen LogP contribution in [-0.2, 0) is 4.74 Å². The SMILES string of the molecule is COc1ccc(NCCOCCC(C)C)cc1Cl. The van der Waals surface area contributed by atoms with Crippen LogP contribution < -0.4 is 10.1 Å². The Bertz CT molecular complexity index is 356. The van der Waals surface area contributed by atoms with Gasteiger partial charge in [0.15, 0.2) is 0 Å². The number of hydrogen-bond acceptors (Lipinski definition) is 3. The molecule has 18 heavy (non-hydrogen) atoms. The molecule has 0 bridgehead atoms. The van der Waals surface area contributed by atoms with Crippen LogP contribution in [0.1, 0.15) is 20.3 Å². The molecule has 0 unspecified atom stereocenters. The van der Waals surface area contributed by atoms with Crippen molar-refractivity contribution in [3.8, 4) is 5.75 Å². The van der Waals surface area contributed by atoms with E-state index < -0.39 is 0 Å². The van der Waals surface area contributed by atoms with Crippen molar-refractivity contribution in [1.82, 2.24) is 0 Å². The number of anilines is 1. The largest absolute Gasteiger partial charge is 0.495 e. The first-order valence-electron chi connectivity index (χ1n) is 6.28. The van der Waals surface area contributed by atoms with Gasteiger partial charge >= 0.3 is 0 Å². The van der Waals surface area contributed by atoms with E-state index in [2.05, 4.69) is 19.2 Å². The number of rotatable bonds is 8. The molecule has 0 spiro atoms. The predicted molar refractivity (Wildman–Crippen MR) is 76.8 cm³/mol. The molecule has 0 saturated heterocycles. The number of benzene rings is 1. The normalized spacial score (nSPS) is 10.7. The van der Waals surface area contributed by atoms with E-state index in [0.717, 1.165) is 25.3 Å². The monoisotopic (exact) mass is 271 g/mol. The molecule has 0 heterocycles. The second-order valence-electron chi connectivity index (χ2n) is 4.57. The van der Waals surface area contributed by atoms with Crippen LogP contribution in [0.2, 0.25) is 5.02 Å². The van der Waals surface area contributed by atoms with Gasteiger partial charge in [0.2, 0.25) is 0 Å². The van der Waals surface area contributed by atoms with Gasteiger partial charge in [0.25, 0.3) is 0 Å². The zero-order valence-corrected chi connectivity index (χ0v) is 12.1. The molecule has 1 aromatic rings. The van der Waals surface area contributed by atoms with E-state index in [4.69, 9.17) is 21.1 Å². The van der Waals surface area contributed by atoms with Gasteiger partial charge in [0.05, 0.1) is 18.7 Å². The topological polar surface area (TPSA) is 30.5 Å². The van der Waals surface area contributed by atoms with Gasteiger partial charge in [-0.15, -0.1) is 0 Å². The summed E-state index contributed by atoms with van der Waals surface area (Å²) in [6, 6.07) is 5.65. The van der Waals surface area contributed by atoms with Gasteiger partial charge < -0.3 is 14.8 Å². The quantitative estimate of drug-likeness (QED) is 0.729. The van der Waals surface area contributed by atoms with E-state index in [0.29, 0.717) is 23.3 Å². The molecule has 0 aliphatic carbocycles. The molecule has 0 atom stereocenters. The smallest absolute Gasteiger partial charge is 0.137 e. The van der Waals surface area contributed by atoms with E-state index >= 15 is 0 Å². The molecular formula is C14H22ClNO2. The van der Waals surface area contributed by atoms with Gasteiger partial charge in [0.1, 0.15) is 5.75 Å². The third-order valence-corrected chi connectivity index (χ3v) is 2.86. The van der Waals surface area contributed by atoms with E-state index in [1.54, 1.807) is 7.11 Å². The van der Waals surface area contributed by atoms with E-state index in [1.807, 2.05) is 18.2 Å². The van der Waals surface area contributed by atoms with Gasteiger partial charge in [-0.25, -0.2) is 0 Å². The molecule has 0 aromatic heterocycles. The first kappa shape index (κ1) is 15.1. The first-order chi connectivity index (χ1) is 8.63. The highest BCUT2D eigenvalue weighted by Gasteiger charge is 2.01. The molecule has 0 saturated carbocycles. The van der Waals surface area contributed by atoms with Crippen LogP contribution >= 0.6 is 11.6 Å². The molecule has 0 fully saturated rings. The highest BCUT2D eigenvalue weighted by Crippen LogP contribution is 2.26.